The first-order chi connectivity index (χ1) is 8.52. The summed E-state index contributed by atoms with van der Waals surface area (Å²) in [6.07, 6.45) is 4.17. The number of rotatable bonds is 2. The van der Waals surface area contributed by atoms with Crippen LogP contribution < -0.4 is 10.6 Å². The van der Waals surface area contributed by atoms with Gasteiger partial charge in [-0.05, 0) is 30.2 Å². The predicted molar refractivity (Wildman–Crippen MR) is 74.3 cm³/mol. The molecule has 0 saturated carbocycles. The van der Waals surface area contributed by atoms with Crippen LogP contribution in [0, 0.1) is 11.3 Å². The van der Waals surface area contributed by atoms with E-state index in [1.165, 1.54) is 12.8 Å². The van der Waals surface area contributed by atoms with E-state index in [0.717, 1.165) is 30.4 Å². The highest BCUT2D eigenvalue weighted by atomic mass is 15.3. The smallest absolute Gasteiger partial charge is 0.155 e. The number of hydrogen-bond acceptors (Lipinski definition) is 4. The van der Waals surface area contributed by atoms with Crippen LogP contribution in [0.5, 0.6) is 0 Å². The maximum atomic E-state index is 5.76. The fourth-order valence-corrected chi connectivity index (χ4v) is 2.73. The van der Waals surface area contributed by atoms with E-state index in [1.807, 2.05) is 6.07 Å². The number of anilines is 1. The van der Waals surface area contributed by atoms with Gasteiger partial charge < -0.3 is 10.6 Å². The van der Waals surface area contributed by atoms with Crippen LogP contribution >= 0.6 is 0 Å². The van der Waals surface area contributed by atoms with Crippen LogP contribution in [-0.4, -0.2) is 23.3 Å². The highest BCUT2D eigenvalue weighted by Gasteiger charge is 2.29. The topological polar surface area (TPSA) is 55.0 Å². The lowest BCUT2D eigenvalue weighted by Gasteiger charge is -2.39. The van der Waals surface area contributed by atoms with Crippen molar-refractivity contribution in [2.45, 2.75) is 40.2 Å². The third-order valence-electron chi connectivity index (χ3n) is 4.02. The zero-order valence-corrected chi connectivity index (χ0v) is 11.7. The third-order valence-corrected chi connectivity index (χ3v) is 4.02. The number of piperidine rings is 1. The van der Waals surface area contributed by atoms with Crippen LogP contribution in [0.25, 0.3) is 0 Å². The lowest BCUT2D eigenvalue weighted by molar-refractivity contribution is 0.198. The standard InChI is InChI=1S/C14H24N4/c1-14(2,3)12-5-8-18(9-6-12)13-11(10-15)4-7-16-17-13/h4,7,12H,5-6,8-10,15H2,1-3H3. The molecule has 18 heavy (non-hydrogen) atoms. The average molecular weight is 248 g/mol. The second kappa shape index (κ2) is 5.22. The summed E-state index contributed by atoms with van der Waals surface area (Å²) in [6.45, 7) is 9.66. The van der Waals surface area contributed by atoms with E-state index in [1.54, 1.807) is 6.20 Å². The maximum Gasteiger partial charge on any atom is 0.155 e. The van der Waals surface area contributed by atoms with Crippen molar-refractivity contribution >= 4 is 5.82 Å². The van der Waals surface area contributed by atoms with Gasteiger partial charge in [0.15, 0.2) is 5.82 Å². The lowest BCUT2D eigenvalue weighted by atomic mass is 9.75. The Morgan fingerprint density at radius 1 is 1.33 bits per heavy atom. The highest BCUT2D eigenvalue weighted by molar-refractivity contribution is 5.45. The molecule has 0 amide bonds. The number of nitrogens with zero attached hydrogens (tertiary/aromatic N) is 3. The molecule has 2 heterocycles. The van der Waals surface area contributed by atoms with E-state index in [9.17, 15) is 0 Å². The summed E-state index contributed by atoms with van der Waals surface area (Å²) in [5, 5.41) is 8.25. The molecule has 0 aliphatic carbocycles. The summed E-state index contributed by atoms with van der Waals surface area (Å²) in [4.78, 5) is 2.33. The molecule has 0 atom stereocenters. The number of aromatic nitrogens is 2. The molecule has 0 unspecified atom stereocenters. The van der Waals surface area contributed by atoms with Crippen LogP contribution in [0.4, 0.5) is 5.82 Å². The summed E-state index contributed by atoms with van der Waals surface area (Å²) >= 11 is 0. The summed E-state index contributed by atoms with van der Waals surface area (Å²) < 4.78 is 0. The molecule has 1 aromatic rings. The van der Waals surface area contributed by atoms with Crippen molar-refractivity contribution in [2.24, 2.45) is 17.1 Å². The van der Waals surface area contributed by atoms with Gasteiger partial charge in [0.25, 0.3) is 0 Å². The fraction of sp³-hybridized carbons (Fsp3) is 0.714. The van der Waals surface area contributed by atoms with E-state index >= 15 is 0 Å². The van der Waals surface area contributed by atoms with Gasteiger partial charge in [-0.2, -0.15) is 5.10 Å². The largest absolute Gasteiger partial charge is 0.355 e. The third kappa shape index (κ3) is 2.80. The van der Waals surface area contributed by atoms with Crippen molar-refractivity contribution in [1.82, 2.24) is 10.2 Å². The minimum Gasteiger partial charge on any atom is -0.355 e. The van der Waals surface area contributed by atoms with Gasteiger partial charge in [-0.15, -0.1) is 5.10 Å². The van der Waals surface area contributed by atoms with E-state index in [2.05, 4.69) is 35.9 Å². The van der Waals surface area contributed by atoms with Crippen LogP contribution in [0.3, 0.4) is 0 Å². The second-order valence-corrected chi connectivity index (χ2v) is 6.21. The molecule has 2 N–H and O–H groups in total. The molecule has 4 nitrogen and oxygen atoms in total. The number of hydrogen-bond donors (Lipinski definition) is 1. The van der Waals surface area contributed by atoms with Crippen molar-refractivity contribution in [3.63, 3.8) is 0 Å². The van der Waals surface area contributed by atoms with Crippen molar-refractivity contribution in [3.05, 3.63) is 17.8 Å². The van der Waals surface area contributed by atoms with Gasteiger partial charge in [-0.3, -0.25) is 0 Å². The van der Waals surface area contributed by atoms with Gasteiger partial charge >= 0.3 is 0 Å². The second-order valence-electron chi connectivity index (χ2n) is 6.21. The minimum atomic E-state index is 0.408. The molecule has 1 aliphatic heterocycles. The fourth-order valence-electron chi connectivity index (χ4n) is 2.73. The lowest BCUT2D eigenvalue weighted by Crippen LogP contribution is -2.39. The molecule has 2 rings (SSSR count). The Labute approximate surface area is 110 Å². The zero-order valence-electron chi connectivity index (χ0n) is 11.7. The van der Waals surface area contributed by atoms with Crippen molar-refractivity contribution in [1.29, 1.82) is 0 Å². The summed E-state index contributed by atoms with van der Waals surface area (Å²) in [7, 11) is 0. The first kappa shape index (κ1) is 13.3. The van der Waals surface area contributed by atoms with Gasteiger partial charge in [-0.25, -0.2) is 0 Å². The van der Waals surface area contributed by atoms with Gasteiger partial charge in [-0.1, -0.05) is 20.8 Å². The van der Waals surface area contributed by atoms with E-state index in [-0.39, 0.29) is 0 Å². The maximum absolute atomic E-state index is 5.76. The van der Waals surface area contributed by atoms with Crippen molar-refractivity contribution in [2.75, 3.05) is 18.0 Å². The summed E-state index contributed by atoms with van der Waals surface area (Å²) in [5.74, 6) is 1.78. The normalized spacial score (nSPS) is 18.1. The van der Waals surface area contributed by atoms with Gasteiger partial charge in [0.05, 0.1) is 6.20 Å². The first-order valence-electron chi connectivity index (χ1n) is 6.78. The van der Waals surface area contributed by atoms with E-state index in [0.29, 0.717) is 12.0 Å². The molecule has 0 radical (unpaired) electrons. The molecule has 1 saturated heterocycles. The van der Waals surface area contributed by atoms with Gasteiger partial charge in [0.2, 0.25) is 0 Å². The Morgan fingerprint density at radius 2 is 2.00 bits per heavy atom. The zero-order chi connectivity index (χ0) is 13.2. The highest BCUT2D eigenvalue weighted by Crippen LogP contribution is 2.35. The molecular weight excluding hydrogens is 224 g/mol. The van der Waals surface area contributed by atoms with Crippen molar-refractivity contribution < 1.29 is 0 Å². The first-order valence-corrected chi connectivity index (χ1v) is 6.78. The molecule has 1 fully saturated rings. The van der Waals surface area contributed by atoms with Crippen molar-refractivity contribution in [3.8, 4) is 0 Å². The number of nitrogens with two attached hydrogens (primary N) is 1. The monoisotopic (exact) mass is 248 g/mol. The molecule has 0 spiro atoms. The molecule has 4 heteroatoms. The molecule has 0 aromatic carbocycles. The van der Waals surface area contributed by atoms with Crippen LogP contribution in [-0.2, 0) is 6.54 Å². The molecule has 0 bridgehead atoms. The predicted octanol–water partition coefficient (Wildman–Crippen LogP) is 2.20. The van der Waals surface area contributed by atoms with Crippen LogP contribution in [0.15, 0.2) is 12.3 Å². The Hall–Kier alpha value is -1.16. The summed E-state index contributed by atoms with van der Waals surface area (Å²) in [6, 6.07) is 1.97. The molecule has 100 valence electrons. The van der Waals surface area contributed by atoms with Crippen LogP contribution in [0.1, 0.15) is 39.2 Å². The van der Waals surface area contributed by atoms with Crippen LogP contribution in [0.2, 0.25) is 0 Å². The summed E-state index contributed by atoms with van der Waals surface area (Å²) in [5.41, 5.74) is 7.26. The minimum absolute atomic E-state index is 0.408. The average Bonchev–Trinajstić information content (AvgIpc) is 2.38. The van der Waals surface area contributed by atoms with E-state index in [4.69, 9.17) is 5.73 Å². The SMILES string of the molecule is CC(C)(C)C1CCN(c2nnccc2CN)CC1. The molecular formula is C14H24N4. The Morgan fingerprint density at radius 3 is 2.56 bits per heavy atom. The Kier molecular flexibility index (Phi) is 3.85. The van der Waals surface area contributed by atoms with E-state index < -0.39 is 0 Å². The quantitative estimate of drug-likeness (QED) is 0.871. The van der Waals surface area contributed by atoms with Gasteiger partial charge in [0.1, 0.15) is 0 Å². The molecule has 1 aliphatic rings. The Balaban J connectivity index is 2.06. The van der Waals surface area contributed by atoms with Gasteiger partial charge in [0, 0.05) is 25.2 Å². The Bertz CT molecular complexity index is 389. The molecule has 1 aromatic heterocycles.